The molecule has 0 spiro atoms. The Morgan fingerprint density at radius 2 is 1.33 bits per heavy atom. The first-order valence-electron chi connectivity index (χ1n) is 19.6. The van der Waals surface area contributed by atoms with E-state index in [1.165, 1.54) is 11.9 Å². The van der Waals surface area contributed by atoms with E-state index in [9.17, 15) is 38.4 Å². The lowest BCUT2D eigenvalue weighted by molar-refractivity contribution is -0.141. The average Bonchev–Trinajstić information content (AvgIpc) is 3.14. The van der Waals surface area contributed by atoms with E-state index in [0.717, 1.165) is 6.42 Å². The molecule has 0 aliphatic rings. The smallest absolute Gasteiger partial charge is 0.305 e. The fourth-order valence-electron chi connectivity index (χ4n) is 5.86. The van der Waals surface area contributed by atoms with Crippen LogP contribution in [0.25, 0.3) is 0 Å². The molecule has 320 valence electrons. The second-order valence-electron chi connectivity index (χ2n) is 15.0. The van der Waals surface area contributed by atoms with Gasteiger partial charge in [0, 0.05) is 13.5 Å². The molecule has 0 fully saturated rings. The van der Waals surface area contributed by atoms with Gasteiger partial charge in [-0.05, 0) is 56.0 Å². The number of nitrogens with one attached hydrogen (secondary N) is 5. The van der Waals surface area contributed by atoms with Crippen molar-refractivity contribution in [1.82, 2.24) is 31.5 Å². The van der Waals surface area contributed by atoms with E-state index in [-0.39, 0.29) is 25.2 Å². The quantitative estimate of drug-likeness (QED) is 0.0507. The van der Waals surface area contributed by atoms with E-state index >= 15 is 0 Å². The van der Waals surface area contributed by atoms with E-state index in [1.807, 2.05) is 20.8 Å². The molecule has 0 aliphatic carbocycles. The molecular formula is C39H65N9O9. The zero-order valence-electron chi connectivity index (χ0n) is 34.2. The molecular weight excluding hydrogens is 738 g/mol. The van der Waals surface area contributed by atoms with Gasteiger partial charge in [-0.3, -0.25) is 38.4 Å². The number of rotatable bonds is 27. The van der Waals surface area contributed by atoms with Gasteiger partial charge in [0.1, 0.15) is 30.2 Å². The Morgan fingerprint density at radius 1 is 0.754 bits per heavy atom. The predicted octanol–water partition coefficient (Wildman–Crippen LogP) is -0.580. The minimum atomic E-state index is -1.42. The Labute approximate surface area is 335 Å². The lowest BCUT2D eigenvalue weighted by Gasteiger charge is -2.30. The van der Waals surface area contributed by atoms with Crippen molar-refractivity contribution in [3.8, 4) is 0 Å². The first-order valence-corrected chi connectivity index (χ1v) is 19.6. The highest BCUT2D eigenvalue weighted by Gasteiger charge is 2.34. The van der Waals surface area contributed by atoms with Crippen LogP contribution in [-0.4, -0.2) is 114 Å². The Morgan fingerprint density at radius 3 is 1.88 bits per heavy atom. The van der Waals surface area contributed by atoms with Crippen molar-refractivity contribution in [2.45, 2.75) is 129 Å². The lowest BCUT2D eigenvalue weighted by Crippen LogP contribution is -2.59. The van der Waals surface area contributed by atoms with Gasteiger partial charge < -0.3 is 53.8 Å². The third-order valence-electron chi connectivity index (χ3n) is 9.25. The summed E-state index contributed by atoms with van der Waals surface area (Å²) in [4.78, 5) is 105. The molecule has 1 aromatic rings. The topological polar surface area (TPSA) is 298 Å². The Hall–Kier alpha value is -5.10. The largest absolute Gasteiger partial charge is 0.481 e. The van der Waals surface area contributed by atoms with Crippen LogP contribution in [-0.2, 0) is 44.8 Å². The highest BCUT2D eigenvalue weighted by molar-refractivity contribution is 5.96. The van der Waals surface area contributed by atoms with E-state index < -0.39 is 102 Å². The van der Waals surface area contributed by atoms with Gasteiger partial charge in [0.2, 0.25) is 41.4 Å². The summed E-state index contributed by atoms with van der Waals surface area (Å²) in [5, 5.41) is 22.2. The molecule has 0 unspecified atom stereocenters. The molecule has 57 heavy (non-hydrogen) atoms. The first-order chi connectivity index (χ1) is 26.8. The van der Waals surface area contributed by atoms with Gasteiger partial charge in [-0.15, -0.1) is 0 Å². The maximum atomic E-state index is 13.9. The number of carbonyl (C=O) groups excluding carboxylic acids is 7. The van der Waals surface area contributed by atoms with Gasteiger partial charge in [0.05, 0.1) is 19.0 Å². The second-order valence-corrected chi connectivity index (χ2v) is 15.0. The molecule has 6 atom stereocenters. The Bertz CT molecular complexity index is 1490. The maximum Gasteiger partial charge on any atom is 0.305 e. The number of nitrogens with two attached hydrogens (primary N) is 3. The fraction of sp³-hybridized carbons (Fsp3) is 0.641. The molecule has 18 heteroatoms. The van der Waals surface area contributed by atoms with Gasteiger partial charge in [0.25, 0.3) is 0 Å². The number of aliphatic carboxylic acids is 1. The molecule has 0 aromatic heterocycles. The molecule has 0 heterocycles. The van der Waals surface area contributed by atoms with Crippen LogP contribution in [0.5, 0.6) is 0 Å². The van der Waals surface area contributed by atoms with Crippen LogP contribution in [0.3, 0.4) is 0 Å². The standard InChI is InChI=1S/C39H65N9O9/c1-7-8-16-27(34(42)52)44-38(56)30(19-23(2)3)48(6)31(49)22-43-39(57)33(24(4)5)47-37(55)29(20-25-14-10-9-11-15-25)46-36(54)28(17-12-13-18-40)45-35(53)26(41)21-32(50)51/h9-11,14-15,23-24,26-30,33H,7-8,12-13,16-22,40-41H2,1-6H3,(H2,42,52)(H,43,57)(H,44,56)(H,45,53)(H,46,54)(H,47,55)(H,50,51)/t26-,27-,28-,29-,30-,33-/m0/s1. The summed E-state index contributed by atoms with van der Waals surface area (Å²) in [5.41, 5.74) is 17.5. The number of likely N-dealkylation sites (N-methyl/N-ethyl adjacent to an activating group) is 1. The average molecular weight is 804 g/mol. The van der Waals surface area contributed by atoms with Crippen LogP contribution >= 0.6 is 0 Å². The van der Waals surface area contributed by atoms with Crippen LogP contribution in [0.4, 0.5) is 0 Å². The van der Waals surface area contributed by atoms with Gasteiger partial charge in [-0.25, -0.2) is 0 Å². The summed E-state index contributed by atoms with van der Waals surface area (Å²) in [6.07, 6.45) is 2.50. The zero-order chi connectivity index (χ0) is 43.2. The number of hydrogen-bond acceptors (Lipinski definition) is 10. The van der Waals surface area contributed by atoms with Crippen molar-refractivity contribution < 1.29 is 43.5 Å². The molecule has 7 amide bonds. The minimum Gasteiger partial charge on any atom is -0.481 e. The highest BCUT2D eigenvalue weighted by atomic mass is 16.4. The van der Waals surface area contributed by atoms with E-state index in [2.05, 4.69) is 26.6 Å². The van der Waals surface area contributed by atoms with Crippen LogP contribution in [0.1, 0.15) is 91.5 Å². The molecule has 12 N–H and O–H groups in total. The molecule has 0 radical (unpaired) electrons. The SMILES string of the molecule is CCCC[C@H](NC(=O)[C@H](CC(C)C)N(C)C(=O)CNC(=O)[C@@H](NC(=O)[C@H](Cc1ccccc1)NC(=O)[C@H](CCCCN)NC(=O)[C@@H](N)CC(=O)O)C(C)C)C(N)=O. The summed E-state index contributed by atoms with van der Waals surface area (Å²) in [5.74, 6) is -6.61. The molecule has 1 aromatic carbocycles. The molecule has 18 nitrogen and oxygen atoms in total. The Kier molecular flexibility index (Phi) is 22.7. The number of amides is 7. The molecule has 0 saturated heterocycles. The van der Waals surface area contributed by atoms with Crippen LogP contribution < -0.4 is 43.8 Å². The summed E-state index contributed by atoms with van der Waals surface area (Å²) < 4.78 is 0. The molecule has 1 rings (SSSR count). The van der Waals surface area contributed by atoms with Crippen molar-refractivity contribution in [2.75, 3.05) is 20.1 Å². The number of benzene rings is 1. The predicted molar refractivity (Wildman–Crippen MR) is 214 cm³/mol. The fourth-order valence-corrected chi connectivity index (χ4v) is 5.86. The van der Waals surface area contributed by atoms with Crippen LogP contribution in [0.2, 0.25) is 0 Å². The lowest BCUT2D eigenvalue weighted by atomic mass is 10.00. The molecule has 0 bridgehead atoms. The number of carbonyl (C=O) groups is 8. The van der Waals surface area contributed by atoms with Crippen molar-refractivity contribution >= 4 is 47.3 Å². The third kappa shape index (κ3) is 18.6. The van der Waals surface area contributed by atoms with Crippen molar-refractivity contribution in [1.29, 1.82) is 0 Å². The number of primary amides is 1. The zero-order valence-corrected chi connectivity index (χ0v) is 34.2. The second kappa shape index (κ2) is 25.9. The minimum absolute atomic E-state index is 0.00445. The third-order valence-corrected chi connectivity index (χ3v) is 9.25. The molecule has 0 aliphatic heterocycles. The number of unbranched alkanes of at least 4 members (excludes halogenated alkanes) is 2. The number of carboxylic acids is 1. The van der Waals surface area contributed by atoms with E-state index in [1.54, 1.807) is 44.2 Å². The maximum absolute atomic E-state index is 13.9. The monoisotopic (exact) mass is 803 g/mol. The van der Waals surface area contributed by atoms with Crippen LogP contribution in [0, 0.1) is 11.8 Å². The highest BCUT2D eigenvalue weighted by Crippen LogP contribution is 2.13. The van der Waals surface area contributed by atoms with E-state index in [4.69, 9.17) is 22.3 Å². The van der Waals surface area contributed by atoms with Crippen LogP contribution in [0.15, 0.2) is 30.3 Å². The normalized spacial score (nSPS) is 14.3. The molecule has 0 saturated carbocycles. The Balaban J connectivity index is 3.22. The van der Waals surface area contributed by atoms with Gasteiger partial charge in [-0.1, -0.05) is 77.8 Å². The van der Waals surface area contributed by atoms with Gasteiger partial charge in [-0.2, -0.15) is 0 Å². The summed E-state index contributed by atoms with van der Waals surface area (Å²) >= 11 is 0. The van der Waals surface area contributed by atoms with E-state index in [0.29, 0.717) is 37.8 Å². The van der Waals surface area contributed by atoms with Crippen molar-refractivity contribution in [3.63, 3.8) is 0 Å². The van der Waals surface area contributed by atoms with Gasteiger partial charge in [0.15, 0.2) is 0 Å². The number of nitrogens with zero attached hydrogens (tertiary/aromatic N) is 1. The summed E-state index contributed by atoms with van der Waals surface area (Å²) in [6, 6.07) is 1.92. The summed E-state index contributed by atoms with van der Waals surface area (Å²) in [7, 11) is 1.43. The van der Waals surface area contributed by atoms with Gasteiger partial charge >= 0.3 is 5.97 Å². The number of hydrogen-bond donors (Lipinski definition) is 9. The first kappa shape index (κ1) is 49.9. The van der Waals surface area contributed by atoms with Crippen molar-refractivity contribution in [2.24, 2.45) is 29.0 Å². The van der Waals surface area contributed by atoms with Crippen molar-refractivity contribution in [3.05, 3.63) is 35.9 Å². The summed E-state index contributed by atoms with van der Waals surface area (Å²) in [6.45, 7) is 8.88. The number of carboxylic acid groups (broad SMARTS) is 1.